The van der Waals surface area contributed by atoms with E-state index in [0.717, 1.165) is 4.90 Å². The average molecular weight is 546 g/mol. The number of hydrogen-bond acceptors (Lipinski definition) is 7. The molecule has 1 saturated heterocycles. The van der Waals surface area contributed by atoms with Gasteiger partial charge >= 0.3 is 6.18 Å². The van der Waals surface area contributed by atoms with Crippen molar-refractivity contribution in [3.05, 3.63) is 52.5 Å². The summed E-state index contributed by atoms with van der Waals surface area (Å²) in [5.41, 5.74) is 3.58. The highest BCUT2D eigenvalue weighted by molar-refractivity contribution is 7.08. The van der Waals surface area contributed by atoms with Gasteiger partial charge < -0.3 is 19.1 Å². The number of carbonyl (C=O) groups excluding carboxylic acids is 1. The molecule has 4 aromatic rings. The molecule has 1 fully saturated rings. The van der Waals surface area contributed by atoms with Gasteiger partial charge in [0.05, 0.1) is 37.4 Å². The first-order valence-electron chi connectivity index (χ1n) is 11.7. The Kier molecular flexibility index (Phi) is 5.91. The van der Waals surface area contributed by atoms with Gasteiger partial charge in [0.25, 0.3) is 5.91 Å². The number of carbonyl (C=O) groups is 1. The Morgan fingerprint density at radius 3 is 2.74 bits per heavy atom. The Morgan fingerprint density at radius 2 is 2.05 bits per heavy atom. The molecule has 5 heterocycles. The first-order chi connectivity index (χ1) is 18.3. The first-order valence-corrected chi connectivity index (χ1v) is 12.7. The Morgan fingerprint density at radius 1 is 1.21 bits per heavy atom. The van der Waals surface area contributed by atoms with Gasteiger partial charge in [-0.1, -0.05) is 0 Å². The Labute approximate surface area is 218 Å². The van der Waals surface area contributed by atoms with Crippen LogP contribution in [-0.2, 0) is 18.4 Å². The van der Waals surface area contributed by atoms with Crippen molar-refractivity contribution in [2.45, 2.75) is 18.8 Å². The Balaban J connectivity index is 1.53. The molecule has 0 aliphatic carbocycles. The minimum absolute atomic E-state index is 0.0122. The molecule has 198 valence electrons. The first kappa shape index (κ1) is 24.5. The zero-order chi connectivity index (χ0) is 26.6. The topological polar surface area (TPSA) is 83.6 Å². The zero-order valence-electron chi connectivity index (χ0n) is 20.4. The number of ether oxygens (including phenoxy) is 3. The molecule has 1 atom stereocenters. The molecule has 0 N–H and O–H groups in total. The lowest BCUT2D eigenvalue weighted by Gasteiger charge is -2.36. The number of halogens is 3. The molecule has 38 heavy (non-hydrogen) atoms. The fraction of sp³-hybridized carbons (Fsp3) is 0.320. The summed E-state index contributed by atoms with van der Waals surface area (Å²) in [6.07, 6.45) is -2.83. The van der Waals surface area contributed by atoms with Gasteiger partial charge in [-0.05, 0) is 23.6 Å². The highest BCUT2D eigenvalue weighted by Gasteiger charge is 2.48. The smallest absolute Gasteiger partial charge is 0.411 e. The summed E-state index contributed by atoms with van der Waals surface area (Å²) in [4.78, 5) is 14.4. The highest BCUT2D eigenvalue weighted by Crippen LogP contribution is 2.46. The van der Waals surface area contributed by atoms with Crippen LogP contribution in [0.4, 0.5) is 13.2 Å². The number of rotatable bonds is 4. The van der Waals surface area contributed by atoms with E-state index in [9.17, 15) is 18.0 Å². The van der Waals surface area contributed by atoms with E-state index in [-0.39, 0.29) is 25.5 Å². The molecule has 9 nitrogen and oxygen atoms in total. The van der Waals surface area contributed by atoms with Gasteiger partial charge in [-0.3, -0.25) is 9.48 Å². The van der Waals surface area contributed by atoms with Crippen LogP contribution >= 0.6 is 11.3 Å². The summed E-state index contributed by atoms with van der Waals surface area (Å²) >= 11 is 1.44. The lowest BCUT2D eigenvalue weighted by molar-refractivity contribution is -0.202. The van der Waals surface area contributed by atoms with Gasteiger partial charge in [0, 0.05) is 47.9 Å². The predicted octanol–water partition coefficient (Wildman–Crippen LogP) is 4.31. The average Bonchev–Trinajstić information content (AvgIpc) is 3.66. The van der Waals surface area contributed by atoms with E-state index >= 15 is 0 Å². The summed E-state index contributed by atoms with van der Waals surface area (Å²) in [6, 6.07) is 5.22. The molecule has 13 heteroatoms. The number of methoxy groups -OCH3 is 1. The fourth-order valence-corrected chi connectivity index (χ4v) is 5.41. The van der Waals surface area contributed by atoms with Crippen molar-refractivity contribution in [3.8, 4) is 39.7 Å². The standard InChI is InChI=1S/C25H22F3N5O4S/c1-31-5-3-18(29-31)15-9-16-20(10-19(15)35-2)37-11-17-22(30-33(23(16)17)14-4-8-38-13-14)24(34)32-6-7-36-12-21(32)25(26,27)28/h3-5,8-10,13,21H,6-7,11-12H2,1-2H3. The van der Waals surface area contributed by atoms with Gasteiger partial charge in [-0.15, -0.1) is 0 Å². The van der Waals surface area contributed by atoms with Crippen LogP contribution in [0.25, 0.3) is 28.2 Å². The lowest BCUT2D eigenvalue weighted by atomic mass is 9.97. The minimum atomic E-state index is -4.64. The molecule has 0 bridgehead atoms. The molecule has 0 saturated carbocycles. The van der Waals surface area contributed by atoms with Crippen LogP contribution in [0.2, 0.25) is 0 Å². The van der Waals surface area contributed by atoms with Crippen LogP contribution in [-0.4, -0.2) is 69.5 Å². The van der Waals surface area contributed by atoms with E-state index in [1.54, 1.807) is 29.6 Å². The van der Waals surface area contributed by atoms with Crippen molar-refractivity contribution in [1.82, 2.24) is 24.5 Å². The summed E-state index contributed by atoms with van der Waals surface area (Å²) in [5.74, 6) is 0.237. The molecular formula is C25H22F3N5O4S. The summed E-state index contributed by atoms with van der Waals surface area (Å²) in [6.45, 7) is -0.838. The lowest BCUT2D eigenvalue weighted by Crippen LogP contribution is -2.55. The summed E-state index contributed by atoms with van der Waals surface area (Å²) in [5, 5.41) is 12.8. The Hall–Kier alpha value is -3.84. The maximum absolute atomic E-state index is 13.8. The van der Waals surface area contributed by atoms with Crippen LogP contribution < -0.4 is 9.47 Å². The van der Waals surface area contributed by atoms with Gasteiger partial charge in [-0.2, -0.15) is 34.7 Å². The second-order valence-corrected chi connectivity index (χ2v) is 9.69. The van der Waals surface area contributed by atoms with E-state index in [1.807, 2.05) is 35.2 Å². The number of morpholine rings is 1. The predicted molar refractivity (Wildman–Crippen MR) is 132 cm³/mol. The third-order valence-electron chi connectivity index (χ3n) is 6.62. The molecule has 2 aliphatic heterocycles. The Bertz CT molecular complexity index is 1510. The molecule has 1 amide bonds. The van der Waals surface area contributed by atoms with Crippen molar-refractivity contribution in [3.63, 3.8) is 0 Å². The molecule has 6 rings (SSSR count). The quantitative estimate of drug-likeness (QED) is 0.380. The van der Waals surface area contributed by atoms with Crippen molar-refractivity contribution in [1.29, 1.82) is 0 Å². The maximum atomic E-state index is 13.8. The van der Waals surface area contributed by atoms with Crippen molar-refractivity contribution >= 4 is 17.2 Å². The summed E-state index contributed by atoms with van der Waals surface area (Å²) in [7, 11) is 3.35. The number of thiophene rings is 1. The van der Waals surface area contributed by atoms with Crippen LogP contribution in [0.1, 0.15) is 16.1 Å². The monoisotopic (exact) mass is 545 g/mol. The molecule has 2 aliphatic rings. The number of amides is 1. The zero-order valence-corrected chi connectivity index (χ0v) is 21.2. The van der Waals surface area contributed by atoms with E-state index in [2.05, 4.69) is 10.2 Å². The minimum Gasteiger partial charge on any atom is -0.496 e. The van der Waals surface area contributed by atoms with Gasteiger partial charge in [0.2, 0.25) is 0 Å². The third kappa shape index (κ3) is 4.02. The largest absolute Gasteiger partial charge is 0.496 e. The normalized spacial score (nSPS) is 17.1. The van der Waals surface area contributed by atoms with E-state index < -0.39 is 24.7 Å². The second-order valence-electron chi connectivity index (χ2n) is 8.91. The van der Waals surface area contributed by atoms with Gasteiger partial charge in [0.15, 0.2) is 11.7 Å². The van der Waals surface area contributed by atoms with Gasteiger partial charge in [-0.25, -0.2) is 4.68 Å². The van der Waals surface area contributed by atoms with Crippen LogP contribution in [0.3, 0.4) is 0 Å². The molecule has 0 spiro atoms. The maximum Gasteiger partial charge on any atom is 0.411 e. The molecule has 3 aromatic heterocycles. The number of fused-ring (bicyclic) bond motifs is 3. The third-order valence-corrected chi connectivity index (χ3v) is 7.29. The number of hydrogen-bond donors (Lipinski definition) is 0. The second kappa shape index (κ2) is 9.17. The van der Waals surface area contributed by atoms with E-state index in [0.29, 0.717) is 45.3 Å². The number of benzene rings is 1. The number of aryl methyl sites for hydroxylation is 1. The summed E-state index contributed by atoms with van der Waals surface area (Å²) < 4.78 is 61.2. The number of alkyl halides is 3. The fourth-order valence-electron chi connectivity index (χ4n) is 4.80. The molecule has 1 unspecified atom stereocenters. The highest BCUT2D eigenvalue weighted by atomic mass is 32.1. The number of aromatic nitrogens is 4. The van der Waals surface area contributed by atoms with E-state index in [1.165, 1.54) is 11.3 Å². The van der Waals surface area contributed by atoms with Crippen molar-refractivity contribution in [2.24, 2.45) is 7.05 Å². The number of nitrogens with zero attached hydrogens (tertiary/aromatic N) is 5. The molecule has 1 aromatic carbocycles. The van der Waals surface area contributed by atoms with Crippen LogP contribution in [0.5, 0.6) is 11.5 Å². The van der Waals surface area contributed by atoms with Gasteiger partial charge in [0.1, 0.15) is 18.1 Å². The van der Waals surface area contributed by atoms with E-state index in [4.69, 9.17) is 14.2 Å². The molecule has 0 radical (unpaired) electrons. The van der Waals surface area contributed by atoms with Crippen LogP contribution in [0.15, 0.2) is 41.2 Å². The molecular weight excluding hydrogens is 523 g/mol. The van der Waals surface area contributed by atoms with Crippen LogP contribution in [0, 0.1) is 0 Å². The SMILES string of the molecule is COc1cc2c(cc1-c1ccn(C)n1)-c1c(c(C(=O)N3CCOCC3C(F)(F)F)nn1-c1ccsc1)CO2. The van der Waals surface area contributed by atoms with Crippen molar-refractivity contribution in [2.75, 3.05) is 26.9 Å². The van der Waals surface area contributed by atoms with Crippen molar-refractivity contribution < 1.29 is 32.2 Å².